The summed E-state index contributed by atoms with van der Waals surface area (Å²) in [4.78, 5) is 91.0. The predicted octanol–water partition coefficient (Wildman–Crippen LogP) is -4.67. The molecule has 9 N–H and O–H groups in total. The number of aliphatic hydroxyl groups excluding tert-OH is 1. The third-order valence-electron chi connectivity index (χ3n) is 8.10. The molecule has 0 radical (unpaired) electrons. The van der Waals surface area contributed by atoms with Crippen molar-refractivity contribution in [3.8, 4) is 0 Å². The number of hydrogen-bond acceptors (Lipinski definition) is 10. The zero-order valence-electron chi connectivity index (χ0n) is 25.3. The van der Waals surface area contributed by atoms with Crippen molar-refractivity contribution in [3.63, 3.8) is 0 Å². The third-order valence-corrected chi connectivity index (χ3v) is 8.10. The van der Waals surface area contributed by atoms with Crippen LogP contribution in [0.1, 0.15) is 52.4 Å². The van der Waals surface area contributed by atoms with Crippen LogP contribution in [0.15, 0.2) is 0 Å². The minimum Gasteiger partial charge on any atom is -0.412 e. The van der Waals surface area contributed by atoms with Crippen molar-refractivity contribution in [2.45, 2.75) is 88.8 Å². The van der Waals surface area contributed by atoms with E-state index < -0.39 is 60.1 Å². The first-order chi connectivity index (χ1) is 20.5. The summed E-state index contributed by atoms with van der Waals surface area (Å²) in [6, 6.07) is -3.63. The van der Waals surface area contributed by atoms with Crippen LogP contribution in [0.3, 0.4) is 0 Å². The van der Waals surface area contributed by atoms with E-state index in [1.54, 1.807) is 0 Å². The maximum atomic E-state index is 13.5. The number of aliphatic hydroxyl groups is 1. The Kier molecular flexibility index (Phi) is 14.1. The van der Waals surface area contributed by atoms with Crippen molar-refractivity contribution in [1.82, 2.24) is 36.0 Å². The highest BCUT2D eigenvalue weighted by atomic mass is 16.3. The second-order valence-corrected chi connectivity index (χ2v) is 11.2. The molecule has 0 aromatic carbocycles. The lowest BCUT2D eigenvalue weighted by Gasteiger charge is -2.31. The molecule has 6 atom stereocenters. The minimum absolute atomic E-state index is 0. The summed E-state index contributed by atoms with van der Waals surface area (Å²) in [5.74, 6) is -2.64. The fourth-order valence-electron chi connectivity index (χ4n) is 5.85. The van der Waals surface area contributed by atoms with Crippen LogP contribution in [-0.2, 0) is 33.6 Å². The molecule has 3 aliphatic heterocycles. The van der Waals surface area contributed by atoms with Gasteiger partial charge in [0, 0.05) is 19.6 Å². The first-order valence-electron chi connectivity index (χ1n) is 14.8. The van der Waals surface area contributed by atoms with Gasteiger partial charge in [-0.2, -0.15) is 0 Å². The Morgan fingerprint density at radius 1 is 0.864 bits per heavy atom. The molecule has 3 rings (SSSR count). The van der Waals surface area contributed by atoms with Gasteiger partial charge in [0.2, 0.25) is 35.4 Å². The van der Waals surface area contributed by atoms with Gasteiger partial charge in [-0.3, -0.25) is 34.1 Å². The Morgan fingerprint density at radius 3 is 2.14 bits per heavy atom. The standard InChI is InChI=1S/C27H44N8O8.H2O/c1-16(15-36)31-21(37)13-29-25(41)18-6-4-11-35(18)27(43)20-8-5-10-34(20)23(39)14-30-24(40)17(2)32-26(42)19-7-3-9-33(19)22(38)12-28;/h15-20,26,32,42H,3-14,28H2,1-2H3,(H,29,41)(H,30,40)(H,31,37);1H2/t16-,17-,18-,19-,20-,26?;/m0./s1. The molecule has 6 amide bonds. The highest BCUT2D eigenvalue weighted by Gasteiger charge is 2.42. The van der Waals surface area contributed by atoms with E-state index in [1.165, 1.54) is 28.5 Å². The molecule has 3 aliphatic rings. The van der Waals surface area contributed by atoms with Crippen molar-refractivity contribution in [3.05, 3.63) is 0 Å². The van der Waals surface area contributed by atoms with Gasteiger partial charge in [0.15, 0.2) is 0 Å². The van der Waals surface area contributed by atoms with Crippen molar-refractivity contribution in [2.24, 2.45) is 5.73 Å². The second kappa shape index (κ2) is 17.0. The van der Waals surface area contributed by atoms with E-state index in [9.17, 15) is 38.7 Å². The van der Waals surface area contributed by atoms with Crippen molar-refractivity contribution in [2.75, 3.05) is 39.3 Å². The summed E-state index contributed by atoms with van der Waals surface area (Å²) < 4.78 is 0. The van der Waals surface area contributed by atoms with Gasteiger partial charge in [-0.15, -0.1) is 0 Å². The average Bonchev–Trinajstić information content (AvgIpc) is 3.78. The van der Waals surface area contributed by atoms with Crippen LogP contribution < -0.4 is 27.0 Å². The van der Waals surface area contributed by atoms with E-state index in [2.05, 4.69) is 21.3 Å². The van der Waals surface area contributed by atoms with Crippen LogP contribution in [0, 0.1) is 0 Å². The van der Waals surface area contributed by atoms with Gasteiger partial charge in [-0.25, -0.2) is 0 Å². The molecule has 17 heteroatoms. The molecule has 0 saturated carbocycles. The highest BCUT2D eigenvalue weighted by molar-refractivity contribution is 5.95. The highest BCUT2D eigenvalue weighted by Crippen LogP contribution is 2.25. The number of hydrogen-bond donors (Lipinski definition) is 6. The average molecular weight is 627 g/mol. The Labute approximate surface area is 255 Å². The van der Waals surface area contributed by atoms with E-state index in [1.807, 2.05) is 0 Å². The third kappa shape index (κ3) is 9.17. The van der Waals surface area contributed by atoms with E-state index in [0.717, 1.165) is 0 Å². The number of carbonyl (C=O) groups is 7. The summed E-state index contributed by atoms with van der Waals surface area (Å²) in [6.45, 7) is 3.31. The Bertz CT molecular complexity index is 1080. The van der Waals surface area contributed by atoms with Gasteiger partial charge in [-0.05, 0) is 52.4 Å². The van der Waals surface area contributed by atoms with E-state index in [4.69, 9.17) is 5.73 Å². The SMILES string of the molecule is C[C@H](NC(O)[C@@H]1CCCN1C(=O)CN)C(=O)NCC(=O)N1CCC[C@H]1C(=O)N1CCC[C@H]1C(=O)NCC(=O)N[C@@H](C)C=O.O. The van der Waals surface area contributed by atoms with Crippen molar-refractivity contribution >= 4 is 41.7 Å². The summed E-state index contributed by atoms with van der Waals surface area (Å²) >= 11 is 0. The van der Waals surface area contributed by atoms with E-state index in [0.29, 0.717) is 64.4 Å². The quantitative estimate of drug-likeness (QED) is 0.0841. The van der Waals surface area contributed by atoms with Crippen LogP contribution >= 0.6 is 0 Å². The topological polar surface area (TPSA) is 255 Å². The van der Waals surface area contributed by atoms with Crippen LogP contribution in [0.5, 0.6) is 0 Å². The summed E-state index contributed by atoms with van der Waals surface area (Å²) in [6.07, 6.45) is 2.68. The van der Waals surface area contributed by atoms with Gasteiger partial charge in [0.05, 0.1) is 37.8 Å². The fourth-order valence-corrected chi connectivity index (χ4v) is 5.85. The normalized spacial score (nSPS) is 23.3. The Hall–Kier alpha value is -3.67. The van der Waals surface area contributed by atoms with Crippen LogP contribution in [0.2, 0.25) is 0 Å². The molecule has 1 unspecified atom stereocenters. The molecule has 0 spiro atoms. The van der Waals surface area contributed by atoms with Gasteiger partial charge >= 0.3 is 0 Å². The molecule has 0 aromatic rings. The number of nitrogens with zero attached hydrogens (tertiary/aromatic N) is 3. The lowest BCUT2D eigenvalue weighted by molar-refractivity contribution is -0.146. The molecular formula is C27H46N8O9. The van der Waals surface area contributed by atoms with Gasteiger partial charge in [0.1, 0.15) is 24.6 Å². The van der Waals surface area contributed by atoms with Gasteiger partial charge in [-0.1, -0.05) is 0 Å². The summed E-state index contributed by atoms with van der Waals surface area (Å²) in [5, 5.41) is 20.8. The molecule has 44 heavy (non-hydrogen) atoms. The largest absolute Gasteiger partial charge is 0.412 e. The van der Waals surface area contributed by atoms with E-state index >= 15 is 0 Å². The molecular weight excluding hydrogens is 580 g/mol. The molecule has 0 aromatic heterocycles. The molecule has 0 aliphatic carbocycles. The molecule has 3 fully saturated rings. The molecule has 3 heterocycles. The number of carbonyl (C=O) groups excluding carboxylic acids is 7. The number of nitrogens with two attached hydrogens (primary N) is 1. The first kappa shape index (κ1) is 36.5. The first-order valence-corrected chi connectivity index (χ1v) is 14.8. The lowest BCUT2D eigenvalue weighted by atomic mass is 10.1. The molecule has 3 saturated heterocycles. The summed E-state index contributed by atoms with van der Waals surface area (Å²) in [5.41, 5.74) is 5.45. The molecule has 17 nitrogen and oxygen atoms in total. The summed E-state index contributed by atoms with van der Waals surface area (Å²) in [7, 11) is 0. The van der Waals surface area contributed by atoms with Crippen LogP contribution in [-0.4, -0.2) is 143 Å². The second-order valence-electron chi connectivity index (χ2n) is 11.2. The maximum absolute atomic E-state index is 13.5. The van der Waals surface area contributed by atoms with Gasteiger partial charge < -0.3 is 51.8 Å². The van der Waals surface area contributed by atoms with Crippen molar-refractivity contribution in [1.29, 1.82) is 0 Å². The number of amides is 6. The predicted molar refractivity (Wildman–Crippen MR) is 155 cm³/mol. The van der Waals surface area contributed by atoms with Crippen LogP contribution in [0.25, 0.3) is 0 Å². The van der Waals surface area contributed by atoms with E-state index in [-0.39, 0.29) is 36.9 Å². The monoisotopic (exact) mass is 626 g/mol. The van der Waals surface area contributed by atoms with Gasteiger partial charge in [0.25, 0.3) is 0 Å². The number of aldehydes is 1. The Morgan fingerprint density at radius 2 is 1.48 bits per heavy atom. The maximum Gasteiger partial charge on any atom is 0.246 e. The minimum atomic E-state index is -1.16. The Balaban J connectivity index is 0.00000675. The number of nitrogens with one attached hydrogen (secondary N) is 4. The zero-order chi connectivity index (χ0) is 31.7. The number of likely N-dealkylation sites (tertiary alicyclic amines) is 3. The zero-order valence-corrected chi connectivity index (χ0v) is 25.3. The molecule has 0 bridgehead atoms. The smallest absolute Gasteiger partial charge is 0.246 e. The van der Waals surface area contributed by atoms with Crippen LogP contribution in [0.4, 0.5) is 0 Å². The number of rotatable bonds is 13. The fraction of sp³-hybridized carbons (Fsp3) is 0.741. The lowest BCUT2D eigenvalue weighted by Crippen LogP contribution is -2.56. The molecule has 248 valence electrons. The van der Waals surface area contributed by atoms with Crippen molar-refractivity contribution < 1.29 is 44.1 Å².